The maximum Gasteiger partial charge on any atom is 0.129 e. The van der Waals surface area contributed by atoms with Crippen molar-refractivity contribution in [2.75, 3.05) is 5.73 Å². The first kappa shape index (κ1) is 10.4. The van der Waals surface area contributed by atoms with E-state index in [1.807, 2.05) is 0 Å². The summed E-state index contributed by atoms with van der Waals surface area (Å²) in [7, 11) is 0. The van der Waals surface area contributed by atoms with Gasteiger partial charge in [0, 0.05) is 23.8 Å². The average molecular weight is 208 g/mol. The highest BCUT2D eigenvalue weighted by Gasteiger charge is 2.45. The van der Waals surface area contributed by atoms with Crippen molar-refractivity contribution in [2.24, 2.45) is 5.41 Å². The number of rotatable bonds is 3. The molecule has 1 unspecified atom stereocenters. The number of halogens is 1. The second-order valence-electron chi connectivity index (χ2n) is 4.98. The number of hydrogen-bond donors (Lipinski definition) is 2. The second-order valence-corrected chi connectivity index (χ2v) is 4.98. The molecule has 0 bridgehead atoms. The van der Waals surface area contributed by atoms with Gasteiger partial charge in [-0.3, -0.25) is 0 Å². The summed E-state index contributed by atoms with van der Waals surface area (Å²) in [5.41, 5.74) is 7.02. The Labute approximate surface area is 89.7 Å². The molecule has 0 saturated heterocycles. The predicted molar refractivity (Wildman–Crippen MR) is 59.8 cm³/mol. The van der Waals surface area contributed by atoms with Gasteiger partial charge < -0.3 is 11.1 Å². The van der Waals surface area contributed by atoms with E-state index in [0.29, 0.717) is 29.3 Å². The molecule has 0 spiro atoms. The number of benzene rings is 1. The van der Waals surface area contributed by atoms with Crippen molar-refractivity contribution in [3.05, 3.63) is 29.6 Å². The highest BCUT2D eigenvalue weighted by atomic mass is 19.1. The van der Waals surface area contributed by atoms with Crippen LogP contribution in [-0.4, -0.2) is 6.04 Å². The Balaban J connectivity index is 1.94. The summed E-state index contributed by atoms with van der Waals surface area (Å²) in [6.07, 6.45) is 1.17. The summed E-state index contributed by atoms with van der Waals surface area (Å²) in [5.74, 6) is -0.221. The largest absolute Gasteiger partial charge is 0.399 e. The van der Waals surface area contributed by atoms with Crippen molar-refractivity contribution >= 4 is 5.69 Å². The quantitative estimate of drug-likeness (QED) is 0.748. The molecule has 1 aromatic carbocycles. The summed E-state index contributed by atoms with van der Waals surface area (Å²) in [5, 5.41) is 3.34. The lowest BCUT2D eigenvalue weighted by atomic mass is 10.1. The summed E-state index contributed by atoms with van der Waals surface area (Å²) in [4.78, 5) is 0. The van der Waals surface area contributed by atoms with Gasteiger partial charge in [0.2, 0.25) is 0 Å². The molecule has 2 nitrogen and oxygen atoms in total. The summed E-state index contributed by atoms with van der Waals surface area (Å²) in [6.45, 7) is 5.01. The standard InChI is InChI=1S/C12H17FN2/c1-12(2)6-11(12)15-7-8-3-4-9(14)5-10(8)13/h3-5,11,15H,6-7,14H2,1-2H3. The number of nitrogens with two attached hydrogens (primary N) is 1. The minimum Gasteiger partial charge on any atom is -0.399 e. The fraction of sp³-hybridized carbons (Fsp3) is 0.500. The van der Waals surface area contributed by atoms with Crippen LogP contribution in [0, 0.1) is 11.2 Å². The van der Waals surface area contributed by atoms with Gasteiger partial charge in [-0.15, -0.1) is 0 Å². The van der Waals surface area contributed by atoms with E-state index < -0.39 is 0 Å². The second kappa shape index (κ2) is 3.49. The molecule has 1 saturated carbocycles. The fourth-order valence-corrected chi connectivity index (χ4v) is 1.76. The smallest absolute Gasteiger partial charge is 0.129 e. The molecule has 82 valence electrons. The molecular formula is C12H17FN2. The molecular weight excluding hydrogens is 191 g/mol. The molecule has 3 heteroatoms. The Kier molecular flexibility index (Phi) is 2.43. The SMILES string of the molecule is CC1(C)CC1NCc1ccc(N)cc1F. The molecule has 1 aromatic rings. The lowest BCUT2D eigenvalue weighted by Gasteiger charge is -2.07. The van der Waals surface area contributed by atoms with Crippen LogP contribution in [0.15, 0.2) is 18.2 Å². The van der Waals surface area contributed by atoms with Crippen LogP contribution >= 0.6 is 0 Å². The predicted octanol–water partition coefficient (Wildman–Crippen LogP) is 2.30. The zero-order valence-electron chi connectivity index (χ0n) is 9.18. The van der Waals surface area contributed by atoms with Crippen LogP contribution in [0.5, 0.6) is 0 Å². The molecule has 1 aliphatic carbocycles. The Bertz CT molecular complexity index is 374. The van der Waals surface area contributed by atoms with Crippen molar-refractivity contribution in [1.82, 2.24) is 5.32 Å². The molecule has 15 heavy (non-hydrogen) atoms. The third kappa shape index (κ3) is 2.29. The van der Waals surface area contributed by atoms with Gasteiger partial charge >= 0.3 is 0 Å². The maximum atomic E-state index is 13.4. The molecule has 1 aliphatic rings. The molecule has 2 rings (SSSR count). The molecule has 0 amide bonds. The summed E-state index contributed by atoms with van der Waals surface area (Å²) >= 11 is 0. The fourth-order valence-electron chi connectivity index (χ4n) is 1.76. The number of nitrogens with one attached hydrogen (secondary N) is 1. The van der Waals surface area contributed by atoms with Gasteiger partial charge in [0.05, 0.1) is 0 Å². The lowest BCUT2D eigenvalue weighted by molar-refractivity contribution is 0.528. The minimum absolute atomic E-state index is 0.221. The zero-order chi connectivity index (χ0) is 11.1. The van der Waals surface area contributed by atoms with E-state index in [1.54, 1.807) is 12.1 Å². The highest BCUT2D eigenvalue weighted by Crippen LogP contribution is 2.44. The summed E-state index contributed by atoms with van der Waals surface area (Å²) in [6, 6.07) is 5.37. The van der Waals surface area contributed by atoms with Crippen molar-refractivity contribution in [3.8, 4) is 0 Å². The molecule has 0 aliphatic heterocycles. The Hall–Kier alpha value is -1.09. The van der Waals surface area contributed by atoms with Gasteiger partial charge in [0.25, 0.3) is 0 Å². The van der Waals surface area contributed by atoms with E-state index >= 15 is 0 Å². The van der Waals surface area contributed by atoms with Gasteiger partial charge in [0.1, 0.15) is 5.82 Å². The normalized spacial score (nSPS) is 22.7. The highest BCUT2D eigenvalue weighted by molar-refractivity contribution is 5.40. The molecule has 3 N–H and O–H groups in total. The minimum atomic E-state index is -0.221. The lowest BCUT2D eigenvalue weighted by Crippen LogP contribution is -2.20. The van der Waals surface area contributed by atoms with Gasteiger partial charge in [-0.05, 0) is 24.0 Å². The van der Waals surface area contributed by atoms with Crippen LogP contribution in [0.1, 0.15) is 25.8 Å². The molecule has 1 fully saturated rings. The van der Waals surface area contributed by atoms with Crippen LogP contribution < -0.4 is 11.1 Å². The Morgan fingerprint density at radius 1 is 1.53 bits per heavy atom. The van der Waals surface area contributed by atoms with Gasteiger partial charge in [-0.2, -0.15) is 0 Å². The van der Waals surface area contributed by atoms with Crippen LogP contribution in [-0.2, 0) is 6.54 Å². The Morgan fingerprint density at radius 2 is 2.20 bits per heavy atom. The van der Waals surface area contributed by atoms with Crippen molar-refractivity contribution in [2.45, 2.75) is 32.9 Å². The van der Waals surface area contributed by atoms with E-state index in [2.05, 4.69) is 19.2 Å². The van der Waals surface area contributed by atoms with Crippen LogP contribution in [0.25, 0.3) is 0 Å². The number of nitrogen functional groups attached to an aromatic ring is 1. The van der Waals surface area contributed by atoms with Gasteiger partial charge in [-0.25, -0.2) is 4.39 Å². The number of hydrogen-bond acceptors (Lipinski definition) is 2. The van der Waals surface area contributed by atoms with Gasteiger partial charge in [0.15, 0.2) is 0 Å². The third-order valence-electron chi connectivity index (χ3n) is 3.13. The first-order valence-electron chi connectivity index (χ1n) is 5.26. The van der Waals surface area contributed by atoms with Crippen molar-refractivity contribution < 1.29 is 4.39 Å². The first-order valence-corrected chi connectivity index (χ1v) is 5.26. The topological polar surface area (TPSA) is 38.0 Å². The maximum absolute atomic E-state index is 13.4. The molecule has 0 heterocycles. The number of anilines is 1. The van der Waals surface area contributed by atoms with E-state index in [9.17, 15) is 4.39 Å². The first-order chi connectivity index (χ1) is 6.99. The van der Waals surface area contributed by atoms with Crippen molar-refractivity contribution in [1.29, 1.82) is 0 Å². The van der Waals surface area contributed by atoms with E-state index in [0.717, 1.165) is 0 Å². The van der Waals surface area contributed by atoms with Crippen LogP contribution in [0.4, 0.5) is 10.1 Å². The summed E-state index contributed by atoms with van der Waals surface area (Å²) < 4.78 is 13.4. The van der Waals surface area contributed by atoms with E-state index in [1.165, 1.54) is 12.5 Å². The monoisotopic (exact) mass is 208 g/mol. The third-order valence-corrected chi connectivity index (χ3v) is 3.13. The van der Waals surface area contributed by atoms with Crippen LogP contribution in [0.2, 0.25) is 0 Å². The van der Waals surface area contributed by atoms with E-state index in [4.69, 9.17) is 5.73 Å². The van der Waals surface area contributed by atoms with E-state index in [-0.39, 0.29) is 5.82 Å². The molecule has 0 aromatic heterocycles. The van der Waals surface area contributed by atoms with Gasteiger partial charge in [-0.1, -0.05) is 19.9 Å². The average Bonchev–Trinajstić information content (AvgIpc) is 2.73. The molecule has 0 radical (unpaired) electrons. The zero-order valence-corrected chi connectivity index (χ0v) is 9.18. The Morgan fingerprint density at radius 3 is 2.73 bits per heavy atom. The van der Waals surface area contributed by atoms with Crippen LogP contribution in [0.3, 0.4) is 0 Å². The molecule has 1 atom stereocenters. The van der Waals surface area contributed by atoms with Crippen molar-refractivity contribution in [3.63, 3.8) is 0 Å².